The molecule has 27 heavy (non-hydrogen) atoms. The molecule has 0 unspecified atom stereocenters. The molecule has 1 aliphatic rings. The Morgan fingerprint density at radius 3 is 2.74 bits per heavy atom. The monoisotopic (exact) mass is 375 g/mol. The molecule has 2 aromatic carbocycles. The zero-order valence-corrected chi connectivity index (χ0v) is 15.0. The molecule has 1 amide bonds. The topological polar surface area (TPSA) is 67.6 Å². The second-order valence-electron chi connectivity index (χ2n) is 6.49. The maximum atomic E-state index is 12.3. The molecule has 0 aliphatic carbocycles. The summed E-state index contributed by atoms with van der Waals surface area (Å²) >= 11 is 0. The lowest BCUT2D eigenvalue weighted by Gasteiger charge is -2.31. The van der Waals surface area contributed by atoms with E-state index in [1.165, 1.54) is 12.1 Å². The predicted octanol–water partition coefficient (Wildman–Crippen LogP) is 2.98. The van der Waals surface area contributed by atoms with Gasteiger partial charge in [-0.15, -0.1) is 0 Å². The van der Waals surface area contributed by atoms with E-state index in [-0.39, 0.29) is 18.2 Å². The smallest absolute Gasteiger partial charge is 0.387 e. The number of nitrogens with zero attached hydrogens (tertiary/aromatic N) is 1. The molecule has 1 aliphatic heterocycles. The number of rotatable bonds is 7. The van der Waals surface area contributed by atoms with Crippen LogP contribution in [0.3, 0.4) is 0 Å². The molecule has 3 N–H and O–H groups in total. The molecule has 0 bridgehead atoms. The first-order valence-corrected chi connectivity index (χ1v) is 8.95. The summed E-state index contributed by atoms with van der Waals surface area (Å²) in [5, 5.41) is 2.91. The van der Waals surface area contributed by atoms with Crippen molar-refractivity contribution in [3.63, 3.8) is 0 Å². The van der Waals surface area contributed by atoms with Crippen molar-refractivity contribution in [1.82, 2.24) is 5.32 Å². The molecule has 0 saturated heterocycles. The zero-order valence-electron chi connectivity index (χ0n) is 15.0. The molecule has 7 heteroatoms. The van der Waals surface area contributed by atoms with Gasteiger partial charge in [0.05, 0.1) is 6.54 Å². The third-order valence-corrected chi connectivity index (χ3v) is 4.60. The number of ether oxygens (including phenoxy) is 1. The first-order chi connectivity index (χ1) is 13.0. The van der Waals surface area contributed by atoms with Gasteiger partial charge in [-0.1, -0.05) is 18.2 Å². The van der Waals surface area contributed by atoms with Crippen LogP contribution in [-0.4, -0.2) is 32.2 Å². The van der Waals surface area contributed by atoms with Gasteiger partial charge in [0.2, 0.25) is 5.91 Å². The van der Waals surface area contributed by atoms with Gasteiger partial charge in [0.15, 0.2) is 0 Å². The maximum absolute atomic E-state index is 12.3. The van der Waals surface area contributed by atoms with E-state index in [1.54, 1.807) is 12.1 Å². The summed E-state index contributed by atoms with van der Waals surface area (Å²) < 4.78 is 28.6. The summed E-state index contributed by atoms with van der Waals surface area (Å²) in [6, 6.07) is 12.2. The number of fused-ring (bicyclic) bond motifs is 1. The third-order valence-electron chi connectivity index (χ3n) is 4.60. The number of hydrogen-bond donors (Lipinski definition) is 2. The van der Waals surface area contributed by atoms with Crippen molar-refractivity contribution in [1.29, 1.82) is 0 Å². The fourth-order valence-electron chi connectivity index (χ4n) is 3.31. The second-order valence-corrected chi connectivity index (χ2v) is 6.49. The molecule has 0 fully saturated rings. The summed E-state index contributed by atoms with van der Waals surface area (Å²) in [4.78, 5) is 14.3. The average molecular weight is 375 g/mol. The van der Waals surface area contributed by atoms with Crippen LogP contribution in [0.2, 0.25) is 0 Å². The van der Waals surface area contributed by atoms with Crippen molar-refractivity contribution in [2.24, 2.45) is 0 Å². The van der Waals surface area contributed by atoms with Gasteiger partial charge in [0.1, 0.15) is 5.75 Å². The predicted molar refractivity (Wildman–Crippen MR) is 101 cm³/mol. The lowest BCUT2D eigenvalue weighted by Crippen LogP contribution is -2.40. The van der Waals surface area contributed by atoms with Crippen LogP contribution in [0.5, 0.6) is 5.75 Å². The van der Waals surface area contributed by atoms with Crippen molar-refractivity contribution in [2.45, 2.75) is 25.9 Å². The average Bonchev–Trinajstić information content (AvgIpc) is 2.64. The molecule has 3 rings (SSSR count). The van der Waals surface area contributed by atoms with Gasteiger partial charge in [-0.25, -0.2) is 0 Å². The van der Waals surface area contributed by atoms with E-state index < -0.39 is 6.61 Å². The van der Waals surface area contributed by atoms with Crippen LogP contribution in [0.15, 0.2) is 42.5 Å². The van der Waals surface area contributed by atoms with Crippen LogP contribution in [-0.2, 0) is 17.6 Å². The van der Waals surface area contributed by atoms with Gasteiger partial charge in [-0.2, -0.15) is 8.78 Å². The Hall–Kier alpha value is -2.83. The van der Waals surface area contributed by atoms with Gasteiger partial charge in [0, 0.05) is 24.5 Å². The Bertz CT molecular complexity index is 781. The number of nitrogens with two attached hydrogens (primary N) is 1. The number of nitrogen functional groups attached to an aromatic ring is 1. The van der Waals surface area contributed by atoms with E-state index in [9.17, 15) is 13.6 Å². The molecule has 0 saturated carbocycles. The van der Waals surface area contributed by atoms with Crippen LogP contribution in [0.4, 0.5) is 20.2 Å². The minimum absolute atomic E-state index is 0.0528. The van der Waals surface area contributed by atoms with Gasteiger partial charge >= 0.3 is 6.61 Å². The van der Waals surface area contributed by atoms with Crippen molar-refractivity contribution in [3.05, 3.63) is 53.6 Å². The highest BCUT2D eigenvalue weighted by Crippen LogP contribution is 2.30. The number of halogens is 2. The van der Waals surface area contributed by atoms with Gasteiger partial charge in [-0.05, 0) is 54.7 Å². The first-order valence-electron chi connectivity index (χ1n) is 8.95. The zero-order chi connectivity index (χ0) is 19.2. The van der Waals surface area contributed by atoms with E-state index in [4.69, 9.17) is 5.73 Å². The number of alkyl halides is 2. The van der Waals surface area contributed by atoms with Crippen molar-refractivity contribution >= 4 is 17.3 Å². The maximum Gasteiger partial charge on any atom is 0.387 e. The molecule has 0 radical (unpaired) electrons. The van der Waals surface area contributed by atoms with E-state index in [1.807, 2.05) is 18.2 Å². The number of benzene rings is 2. The Labute approximate surface area is 157 Å². The molecular weight excluding hydrogens is 352 g/mol. The Morgan fingerprint density at radius 1 is 1.22 bits per heavy atom. The normalized spacial score (nSPS) is 13.4. The minimum atomic E-state index is -2.83. The Morgan fingerprint density at radius 2 is 2.00 bits per heavy atom. The fraction of sp³-hybridized carbons (Fsp3) is 0.350. The fourth-order valence-corrected chi connectivity index (χ4v) is 3.31. The van der Waals surface area contributed by atoms with Crippen molar-refractivity contribution < 1.29 is 18.3 Å². The molecule has 144 valence electrons. The van der Waals surface area contributed by atoms with E-state index >= 15 is 0 Å². The number of amides is 1. The SMILES string of the molecule is Nc1cccc2c1CCCN2CC(=O)NCCc1ccc(OC(F)F)cc1. The summed E-state index contributed by atoms with van der Waals surface area (Å²) in [5.41, 5.74) is 9.90. The Balaban J connectivity index is 1.48. The van der Waals surface area contributed by atoms with Crippen LogP contribution in [0.25, 0.3) is 0 Å². The molecule has 0 spiro atoms. The number of nitrogens with one attached hydrogen (secondary N) is 1. The molecule has 0 atom stereocenters. The highest BCUT2D eigenvalue weighted by Gasteiger charge is 2.20. The van der Waals surface area contributed by atoms with Crippen molar-refractivity contribution in [3.8, 4) is 5.75 Å². The van der Waals surface area contributed by atoms with Gasteiger partial charge in [-0.3, -0.25) is 4.79 Å². The molecule has 1 heterocycles. The number of carbonyl (C=O) groups is 1. The van der Waals surface area contributed by atoms with E-state index in [0.29, 0.717) is 13.0 Å². The van der Waals surface area contributed by atoms with Crippen LogP contribution < -0.4 is 20.7 Å². The second kappa shape index (κ2) is 8.70. The minimum Gasteiger partial charge on any atom is -0.435 e. The summed E-state index contributed by atoms with van der Waals surface area (Å²) in [5.74, 6) is 0.0729. The lowest BCUT2D eigenvalue weighted by molar-refractivity contribution is -0.119. The standard InChI is InChI=1S/C20H23F2N3O2/c21-20(22)27-15-8-6-14(7-9-15)10-11-24-19(26)13-25-12-2-3-16-17(23)4-1-5-18(16)25/h1,4-9,20H,2-3,10-13,23H2,(H,24,26). The summed E-state index contributed by atoms with van der Waals surface area (Å²) in [6.45, 7) is -1.23. The van der Waals surface area contributed by atoms with E-state index in [2.05, 4.69) is 15.0 Å². The van der Waals surface area contributed by atoms with Crippen LogP contribution in [0.1, 0.15) is 17.5 Å². The van der Waals surface area contributed by atoms with Crippen LogP contribution in [0, 0.1) is 0 Å². The van der Waals surface area contributed by atoms with Crippen LogP contribution >= 0.6 is 0 Å². The highest BCUT2D eigenvalue weighted by atomic mass is 19.3. The lowest BCUT2D eigenvalue weighted by atomic mass is 10.00. The molecule has 2 aromatic rings. The highest BCUT2D eigenvalue weighted by molar-refractivity contribution is 5.82. The number of anilines is 2. The van der Waals surface area contributed by atoms with Crippen molar-refractivity contribution in [2.75, 3.05) is 30.3 Å². The Kier molecular flexibility index (Phi) is 6.11. The quantitative estimate of drug-likeness (QED) is 0.730. The van der Waals surface area contributed by atoms with E-state index in [0.717, 1.165) is 41.9 Å². The molecule has 5 nitrogen and oxygen atoms in total. The van der Waals surface area contributed by atoms with Gasteiger partial charge < -0.3 is 20.7 Å². The molecular formula is C20H23F2N3O2. The number of hydrogen-bond acceptors (Lipinski definition) is 4. The molecule has 0 aromatic heterocycles. The third kappa shape index (κ3) is 5.09. The number of carbonyl (C=O) groups excluding carboxylic acids is 1. The van der Waals surface area contributed by atoms with Gasteiger partial charge in [0.25, 0.3) is 0 Å². The largest absolute Gasteiger partial charge is 0.435 e. The summed E-state index contributed by atoms with van der Waals surface area (Å²) in [7, 11) is 0. The first kappa shape index (κ1) is 18.9. The summed E-state index contributed by atoms with van der Waals surface area (Å²) in [6.07, 6.45) is 2.52.